The SMILES string of the molecule is O=C(CSc1ccccc1)N1CCC2(CC1)SCCN2C(=O)C1CCCCC1. The highest BCUT2D eigenvalue weighted by Crippen LogP contribution is 2.45. The zero-order chi connectivity index (χ0) is 19.4. The smallest absolute Gasteiger partial charge is 0.232 e. The molecule has 1 spiro atoms. The number of hydrogen-bond donors (Lipinski definition) is 0. The number of thioether (sulfide) groups is 2. The molecule has 2 amide bonds. The largest absolute Gasteiger partial charge is 0.342 e. The topological polar surface area (TPSA) is 40.6 Å². The fraction of sp³-hybridized carbons (Fsp3) is 0.636. The molecule has 4 nitrogen and oxygen atoms in total. The summed E-state index contributed by atoms with van der Waals surface area (Å²) < 4.78 is 0. The maximum atomic E-state index is 13.2. The summed E-state index contributed by atoms with van der Waals surface area (Å²) in [5.74, 6) is 2.39. The molecule has 3 fully saturated rings. The highest BCUT2D eigenvalue weighted by atomic mass is 32.2. The van der Waals surface area contributed by atoms with E-state index in [1.165, 1.54) is 19.3 Å². The van der Waals surface area contributed by atoms with Gasteiger partial charge in [0.1, 0.15) is 0 Å². The first-order chi connectivity index (χ1) is 13.7. The summed E-state index contributed by atoms with van der Waals surface area (Å²) in [6.07, 6.45) is 7.64. The second-order valence-electron chi connectivity index (χ2n) is 8.10. The zero-order valence-electron chi connectivity index (χ0n) is 16.5. The number of carbonyl (C=O) groups is 2. The maximum absolute atomic E-state index is 13.2. The molecule has 3 aliphatic rings. The number of rotatable bonds is 4. The van der Waals surface area contributed by atoms with Crippen LogP contribution in [0, 0.1) is 5.92 Å². The molecule has 0 N–H and O–H groups in total. The Morgan fingerprint density at radius 3 is 2.46 bits per heavy atom. The molecule has 0 bridgehead atoms. The van der Waals surface area contributed by atoms with E-state index < -0.39 is 0 Å². The van der Waals surface area contributed by atoms with Crippen LogP contribution >= 0.6 is 23.5 Å². The molecule has 2 saturated heterocycles. The molecule has 0 radical (unpaired) electrons. The van der Waals surface area contributed by atoms with Gasteiger partial charge in [-0.25, -0.2) is 0 Å². The van der Waals surface area contributed by atoms with Crippen LogP contribution in [0.1, 0.15) is 44.9 Å². The minimum absolute atomic E-state index is 0.0577. The molecule has 0 unspecified atom stereocenters. The van der Waals surface area contributed by atoms with Gasteiger partial charge in [0.05, 0.1) is 10.6 Å². The van der Waals surface area contributed by atoms with Gasteiger partial charge in [0, 0.05) is 36.2 Å². The lowest BCUT2D eigenvalue weighted by molar-refractivity contribution is -0.141. The van der Waals surface area contributed by atoms with Crippen LogP contribution < -0.4 is 0 Å². The molecule has 0 atom stereocenters. The van der Waals surface area contributed by atoms with Crippen LogP contribution in [0.5, 0.6) is 0 Å². The van der Waals surface area contributed by atoms with Crippen LogP contribution in [-0.4, -0.2) is 57.6 Å². The highest BCUT2D eigenvalue weighted by Gasteiger charge is 2.48. The maximum Gasteiger partial charge on any atom is 0.232 e. The Morgan fingerprint density at radius 1 is 1.04 bits per heavy atom. The molecule has 1 aromatic rings. The van der Waals surface area contributed by atoms with Gasteiger partial charge in [-0.05, 0) is 37.8 Å². The summed E-state index contributed by atoms with van der Waals surface area (Å²) in [7, 11) is 0. The minimum atomic E-state index is -0.0577. The first-order valence-corrected chi connectivity index (χ1v) is 12.6. The molecular weight excluding hydrogens is 388 g/mol. The number of likely N-dealkylation sites (tertiary alicyclic amines) is 1. The van der Waals surface area contributed by atoms with E-state index >= 15 is 0 Å². The number of benzene rings is 1. The van der Waals surface area contributed by atoms with E-state index in [4.69, 9.17) is 0 Å². The summed E-state index contributed by atoms with van der Waals surface area (Å²) >= 11 is 3.56. The molecule has 0 aromatic heterocycles. The lowest BCUT2D eigenvalue weighted by Crippen LogP contribution is -2.55. The Bertz CT molecular complexity index is 683. The van der Waals surface area contributed by atoms with E-state index in [1.54, 1.807) is 11.8 Å². The Hall–Kier alpha value is -1.14. The normalized spacial score (nSPS) is 22.6. The van der Waals surface area contributed by atoms with Gasteiger partial charge in [-0.3, -0.25) is 9.59 Å². The van der Waals surface area contributed by atoms with E-state index in [0.717, 1.165) is 56.0 Å². The van der Waals surface area contributed by atoms with Gasteiger partial charge in [0.15, 0.2) is 0 Å². The average molecular weight is 419 g/mol. The van der Waals surface area contributed by atoms with Gasteiger partial charge in [-0.15, -0.1) is 23.5 Å². The monoisotopic (exact) mass is 418 g/mol. The van der Waals surface area contributed by atoms with E-state index in [9.17, 15) is 9.59 Å². The van der Waals surface area contributed by atoms with Crippen molar-refractivity contribution in [1.82, 2.24) is 9.80 Å². The van der Waals surface area contributed by atoms with Gasteiger partial charge < -0.3 is 9.80 Å². The molecule has 2 heterocycles. The lowest BCUT2D eigenvalue weighted by atomic mass is 9.87. The predicted octanol–water partition coefficient (Wildman–Crippen LogP) is 4.25. The number of nitrogens with zero attached hydrogens (tertiary/aromatic N) is 2. The Labute approximate surface area is 176 Å². The second kappa shape index (κ2) is 9.12. The third-order valence-corrected chi connectivity index (χ3v) is 8.95. The highest BCUT2D eigenvalue weighted by molar-refractivity contribution is 8.01. The Morgan fingerprint density at radius 2 is 1.75 bits per heavy atom. The molecule has 4 rings (SSSR count). The molecule has 2 aliphatic heterocycles. The molecule has 6 heteroatoms. The van der Waals surface area contributed by atoms with Gasteiger partial charge in [0.2, 0.25) is 11.8 Å². The summed E-state index contributed by atoms with van der Waals surface area (Å²) in [5.41, 5.74) is 0. The Kier molecular flexibility index (Phi) is 6.56. The number of piperidine rings is 1. The van der Waals surface area contributed by atoms with Crippen LogP contribution in [0.25, 0.3) is 0 Å². The van der Waals surface area contributed by atoms with Crippen molar-refractivity contribution in [1.29, 1.82) is 0 Å². The quantitative estimate of drug-likeness (QED) is 0.686. The van der Waals surface area contributed by atoms with E-state index in [-0.39, 0.29) is 16.7 Å². The summed E-state index contributed by atoms with van der Waals surface area (Å²) in [6, 6.07) is 10.1. The third kappa shape index (κ3) is 4.38. The van der Waals surface area contributed by atoms with Gasteiger partial charge in [0.25, 0.3) is 0 Å². The van der Waals surface area contributed by atoms with Gasteiger partial charge >= 0.3 is 0 Å². The van der Waals surface area contributed by atoms with Crippen LogP contribution in [-0.2, 0) is 9.59 Å². The average Bonchev–Trinajstić information content (AvgIpc) is 3.16. The fourth-order valence-electron chi connectivity index (χ4n) is 4.76. The van der Waals surface area contributed by atoms with E-state index in [1.807, 2.05) is 47.0 Å². The summed E-state index contributed by atoms with van der Waals surface area (Å²) in [5, 5.41) is 0. The van der Waals surface area contributed by atoms with E-state index in [2.05, 4.69) is 4.90 Å². The van der Waals surface area contributed by atoms with Crippen molar-refractivity contribution < 1.29 is 9.59 Å². The van der Waals surface area contributed by atoms with Crippen LogP contribution in [0.3, 0.4) is 0 Å². The van der Waals surface area contributed by atoms with Crippen LogP contribution in [0.15, 0.2) is 35.2 Å². The fourth-order valence-corrected chi connectivity index (χ4v) is 7.05. The van der Waals surface area contributed by atoms with Crippen molar-refractivity contribution in [3.8, 4) is 0 Å². The predicted molar refractivity (Wildman–Crippen MR) is 116 cm³/mol. The molecule has 1 saturated carbocycles. The van der Waals surface area contributed by atoms with Crippen molar-refractivity contribution in [2.24, 2.45) is 5.92 Å². The van der Waals surface area contributed by atoms with Crippen molar-refractivity contribution in [3.63, 3.8) is 0 Å². The number of hydrogen-bond acceptors (Lipinski definition) is 4. The molecule has 28 heavy (non-hydrogen) atoms. The van der Waals surface area contributed by atoms with Crippen LogP contribution in [0.2, 0.25) is 0 Å². The van der Waals surface area contributed by atoms with Crippen molar-refractivity contribution in [3.05, 3.63) is 30.3 Å². The first kappa shape index (κ1) is 20.1. The number of carbonyl (C=O) groups excluding carboxylic acids is 2. The van der Waals surface area contributed by atoms with Gasteiger partial charge in [-0.2, -0.15) is 0 Å². The van der Waals surface area contributed by atoms with Crippen molar-refractivity contribution in [2.75, 3.05) is 31.1 Å². The number of amides is 2. The van der Waals surface area contributed by atoms with E-state index in [0.29, 0.717) is 11.7 Å². The van der Waals surface area contributed by atoms with Crippen molar-refractivity contribution in [2.45, 2.75) is 54.7 Å². The molecular formula is C22H30N2O2S2. The molecule has 1 aliphatic carbocycles. The third-order valence-electron chi connectivity index (χ3n) is 6.40. The van der Waals surface area contributed by atoms with Crippen LogP contribution in [0.4, 0.5) is 0 Å². The molecule has 1 aromatic carbocycles. The Balaban J connectivity index is 1.31. The van der Waals surface area contributed by atoms with Gasteiger partial charge in [-0.1, -0.05) is 37.5 Å². The lowest BCUT2D eigenvalue weighted by Gasteiger charge is -2.45. The second-order valence-corrected chi connectivity index (χ2v) is 10.6. The zero-order valence-corrected chi connectivity index (χ0v) is 18.1. The minimum Gasteiger partial charge on any atom is -0.342 e. The standard InChI is InChI=1S/C22H30N2O2S2/c25-20(17-27-19-9-5-2-6-10-19)23-13-11-22(12-14-23)24(15-16-28-22)21(26)18-7-3-1-4-8-18/h2,5-6,9-10,18H,1,3-4,7-8,11-17H2. The first-order valence-electron chi connectivity index (χ1n) is 10.6. The summed E-state index contributed by atoms with van der Waals surface area (Å²) in [4.78, 5) is 31.1. The summed E-state index contributed by atoms with van der Waals surface area (Å²) in [6.45, 7) is 2.43. The van der Waals surface area contributed by atoms with Crippen molar-refractivity contribution >= 4 is 35.3 Å². The molecule has 152 valence electrons.